The van der Waals surface area contributed by atoms with Crippen LogP contribution in [0, 0.1) is 0 Å². The standard InChI is InChI=1S/C18H22O/c1-2-3-4-7-16(14-19)12-15-10-11-17-8-5-6-9-18(17)13-15/h5-6,8-9,12-14H,2-4,7,10-11H2,1H3/b16-12+. The highest BCUT2D eigenvalue weighted by Crippen LogP contribution is 2.25. The van der Waals surface area contributed by atoms with E-state index in [-0.39, 0.29) is 0 Å². The molecule has 0 amide bonds. The van der Waals surface area contributed by atoms with Crippen molar-refractivity contribution in [2.45, 2.75) is 45.4 Å². The number of hydrogen-bond acceptors (Lipinski definition) is 1. The van der Waals surface area contributed by atoms with Gasteiger partial charge in [0, 0.05) is 0 Å². The molecule has 0 radical (unpaired) electrons. The van der Waals surface area contributed by atoms with E-state index in [9.17, 15) is 4.79 Å². The number of benzene rings is 1. The minimum absolute atomic E-state index is 0.913. The Morgan fingerprint density at radius 2 is 2.05 bits per heavy atom. The largest absolute Gasteiger partial charge is 0.298 e. The lowest BCUT2D eigenvalue weighted by Crippen LogP contribution is -1.98. The molecule has 0 fully saturated rings. The van der Waals surface area contributed by atoms with Crippen LogP contribution in [0.3, 0.4) is 0 Å². The van der Waals surface area contributed by atoms with Gasteiger partial charge in [-0.15, -0.1) is 0 Å². The third-order valence-corrected chi connectivity index (χ3v) is 3.67. The minimum atomic E-state index is 0.913. The molecule has 0 N–H and O–H groups in total. The highest BCUT2D eigenvalue weighted by molar-refractivity contribution is 5.75. The molecule has 0 atom stereocenters. The lowest BCUT2D eigenvalue weighted by Gasteiger charge is -2.14. The van der Waals surface area contributed by atoms with Crippen LogP contribution in [-0.2, 0) is 11.2 Å². The maximum Gasteiger partial charge on any atom is 0.146 e. The highest BCUT2D eigenvalue weighted by Gasteiger charge is 2.08. The molecule has 100 valence electrons. The maximum atomic E-state index is 11.1. The van der Waals surface area contributed by atoms with Gasteiger partial charge in [0.05, 0.1) is 0 Å². The van der Waals surface area contributed by atoms with Crippen LogP contribution in [0.15, 0.2) is 41.5 Å². The van der Waals surface area contributed by atoms with E-state index in [0.717, 1.165) is 37.5 Å². The van der Waals surface area contributed by atoms with Gasteiger partial charge in [-0.1, -0.05) is 56.2 Å². The second kappa shape index (κ2) is 7.08. The van der Waals surface area contributed by atoms with E-state index in [1.807, 2.05) is 0 Å². The first-order valence-electron chi connectivity index (χ1n) is 7.27. The number of fused-ring (bicyclic) bond motifs is 1. The van der Waals surface area contributed by atoms with Crippen molar-refractivity contribution in [3.05, 3.63) is 52.6 Å². The van der Waals surface area contributed by atoms with E-state index >= 15 is 0 Å². The molecule has 2 rings (SSSR count). The molecular formula is C18H22O. The third kappa shape index (κ3) is 3.92. The van der Waals surface area contributed by atoms with Crippen molar-refractivity contribution in [3.63, 3.8) is 0 Å². The zero-order valence-corrected chi connectivity index (χ0v) is 11.7. The molecule has 0 spiro atoms. The number of unbranched alkanes of at least 4 members (excludes halogenated alkanes) is 2. The van der Waals surface area contributed by atoms with Gasteiger partial charge >= 0.3 is 0 Å². The average Bonchev–Trinajstić information content (AvgIpc) is 2.46. The minimum Gasteiger partial charge on any atom is -0.298 e. The summed E-state index contributed by atoms with van der Waals surface area (Å²) in [5.74, 6) is 0. The lowest BCUT2D eigenvalue weighted by molar-refractivity contribution is -0.105. The predicted octanol–water partition coefficient (Wildman–Crippen LogP) is 4.72. The summed E-state index contributed by atoms with van der Waals surface area (Å²) >= 11 is 0. The van der Waals surface area contributed by atoms with Crippen LogP contribution in [0.1, 0.15) is 50.2 Å². The zero-order chi connectivity index (χ0) is 13.5. The first-order chi connectivity index (χ1) is 9.33. The molecule has 0 saturated heterocycles. The molecular weight excluding hydrogens is 232 g/mol. The van der Waals surface area contributed by atoms with Crippen molar-refractivity contribution in [1.82, 2.24) is 0 Å². The van der Waals surface area contributed by atoms with Crippen molar-refractivity contribution in [2.24, 2.45) is 0 Å². The van der Waals surface area contributed by atoms with E-state index in [0.29, 0.717) is 0 Å². The molecule has 1 aromatic carbocycles. The van der Waals surface area contributed by atoms with Crippen LogP contribution in [0.2, 0.25) is 0 Å². The Kier molecular flexibility index (Phi) is 5.14. The molecule has 19 heavy (non-hydrogen) atoms. The van der Waals surface area contributed by atoms with Gasteiger partial charge in [0.2, 0.25) is 0 Å². The molecule has 1 aliphatic rings. The number of rotatable bonds is 6. The van der Waals surface area contributed by atoms with Gasteiger partial charge in [-0.25, -0.2) is 0 Å². The number of hydrogen-bond donors (Lipinski definition) is 0. The number of aldehydes is 1. The summed E-state index contributed by atoms with van der Waals surface area (Å²) in [6.07, 6.45) is 11.9. The van der Waals surface area contributed by atoms with Crippen LogP contribution >= 0.6 is 0 Å². The highest BCUT2D eigenvalue weighted by atomic mass is 16.1. The fraction of sp³-hybridized carbons (Fsp3) is 0.389. The first-order valence-corrected chi connectivity index (χ1v) is 7.27. The molecule has 0 saturated carbocycles. The first kappa shape index (κ1) is 13.8. The monoisotopic (exact) mass is 254 g/mol. The van der Waals surface area contributed by atoms with Gasteiger partial charge in [0.25, 0.3) is 0 Å². The zero-order valence-electron chi connectivity index (χ0n) is 11.7. The lowest BCUT2D eigenvalue weighted by atomic mass is 9.91. The number of aryl methyl sites for hydroxylation is 1. The Morgan fingerprint density at radius 1 is 1.21 bits per heavy atom. The van der Waals surface area contributed by atoms with Crippen LogP contribution < -0.4 is 0 Å². The number of carbonyl (C=O) groups is 1. The van der Waals surface area contributed by atoms with Crippen molar-refractivity contribution in [2.75, 3.05) is 0 Å². The van der Waals surface area contributed by atoms with Gasteiger partial charge < -0.3 is 0 Å². The summed E-state index contributed by atoms with van der Waals surface area (Å²) in [5.41, 5.74) is 4.95. The van der Waals surface area contributed by atoms with Crippen molar-refractivity contribution in [1.29, 1.82) is 0 Å². The number of allylic oxidation sites excluding steroid dienone is 3. The Hall–Kier alpha value is -1.63. The maximum absolute atomic E-state index is 11.1. The van der Waals surface area contributed by atoms with Crippen molar-refractivity contribution in [3.8, 4) is 0 Å². The fourth-order valence-electron chi connectivity index (χ4n) is 2.55. The van der Waals surface area contributed by atoms with Gasteiger partial charge in [-0.2, -0.15) is 0 Å². The van der Waals surface area contributed by atoms with Crippen LogP contribution in [-0.4, -0.2) is 6.29 Å². The molecule has 1 aromatic rings. The van der Waals surface area contributed by atoms with E-state index in [4.69, 9.17) is 0 Å². The summed E-state index contributed by atoms with van der Waals surface area (Å²) in [7, 11) is 0. The Bertz CT molecular complexity index is 494. The molecule has 1 nitrogen and oxygen atoms in total. The Morgan fingerprint density at radius 3 is 2.84 bits per heavy atom. The summed E-state index contributed by atoms with van der Waals surface area (Å²) in [6, 6.07) is 8.51. The van der Waals surface area contributed by atoms with Gasteiger partial charge in [-0.05, 0) is 48.0 Å². The number of carbonyl (C=O) groups excluding carboxylic acids is 1. The molecule has 0 unspecified atom stereocenters. The fourth-order valence-corrected chi connectivity index (χ4v) is 2.55. The molecule has 0 aromatic heterocycles. The molecule has 0 heterocycles. The summed E-state index contributed by atoms with van der Waals surface area (Å²) in [6.45, 7) is 2.19. The van der Waals surface area contributed by atoms with Crippen molar-refractivity contribution >= 4 is 12.4 Å². The smallest absolute Gasteiger partial charge is 0.146 e. The summed E-state index contributed by atoms with van der Waals surface area (Å²) in [4.78, 5) is 11.1. The quantitative estimate of drug-likeness (QED) is 0.408. The van der Waals surface area contributed by atoms with E-state index < -0.39 is 0 Å². The second-order valence-corrected chi connectivity index (χ2v) is 5.21. The summed E-state index contributed by atoms with van der Waals surface area (Å²) < 4.78 is 0. The van der Waals surface area contributed by atoms with Gasteiger partial charge in [0.1, 0.15) is 6.29 Å². The van der Waals surface area contributed by atoms with E-state index in [1.165, 1.54) is 29.5 Å². The molecule has 1 aliphatic carbocycles. The van der Waals surface area contributed by atoms with Gasteiger partial charge in [0.15, 0.2) is 0 Å². The molecule has 0 bridgehead atoms. The SMILES string of the molecule is CCCCC/C(C=O)=C\C1=Cc2ccccc2CC1. The normalized spacial score (nSPS) is 14.8. The third-order valence-electron chi connectivity index (χ3n) is 3.67. The van der Waals surface area contributed by atoms with Crippen LogP contribution in [0.4, 0.5) is 0 Å². The second-order valence-electron chi connectivity index (χ2n) is 5.21. The topological polar surface area (TPSA) is 17.1 Å². The summed E-state index contributed by atoms with van der Waals surface area (Å²) in [5, 5.41) is 0. The average molecular weight is 254 g/mol. The van der Waals surface area contributed by atoms with E-state index in [1.54, 1.807) is 0 Å². The Balaban J connectivity index is 2.09. The predicted molar refractivity (Wildman–Crippen MR) is 81.0 cm³/mol. The van der Waals surface area contributed by atoms with E-state index in [2.05, 4.69) is 43.3 Å². The Labute approximate surface area is 116 Å². The van der Waals surface area contributed by atoms with Crippen LogP contribution in [0.5, 0.6) is 0 Å². The molecule has 0 aliphatic heterocycles. The van der Waals surface area contributed by atoms with Crippen molar-refractivity contribution < 1.29 is 4.79 Å². The van der Waals surface area contributed by atoms with Gasteiger partial charge in [-0.3, -0.25) is 4.79 Å². The van der Waals surface area contributed by atoms with Crippen LogP contribution in [0.25, 0.3) is 6.08 Å². The molecule has 1 heteroatoms.